The van der Waals surface area contributed by atoms with Gasteiger partial charge in [0.05, 0.1) is 6.04 Å². The third-order valence-corrected chi connectivity index (χ3v) is 2.72. The largest absolute Gasteiger partial charge is 0.368 e. The number of hydrogen-bond donors (Lipinski definition) is 2. The van der Waals surface area contributed by atoms with Crippen molar-refractivity contribution in [3.63, 3.8) is 0 Å². The third-order valence-electron chi connectivity index (χ3n) is 2.72. The molecule has 0 spiro atoms. The van der Waals surface area contributed by atoms with Crippen molar-refractivity contribution in [2.45, 2.75) is 31.7 Å². The minimum absolute atomic E-state index is 0.0365. The lowest BCUT2D eigenvalue weighted by Gasteiger charge is -2.13. The number of nitrogens with one attached hydrogen (secondary N) is 1. The topological polar surface area (TPSA) is 55.1 Å². The molecule has 1 amide bonds. The fourth-order valence-electron chi connectivity index (χ4n) is 1.54. The summed E-state index contributed by atoms with van der Waals surface area (Å²) in [6.45, 7) is 0.990. The minimum Gasteiger partial charge on any atom is -0.368 e. The molecule has 68 valence electrons. The molecule has 0 aromatic heterocycles. The lowest BCUT2D eigenvalue weighted by atomic mass is 10.1. The highest BCUT2D eigenvalue weighted by molar-refractivity contribution is 5.80. The Morgan fingerprint density at radius 3 is 2.50 bits per heavy atom. The van der Waals surface area contributed by atoms with Gasteiger partial charge in [-0.1, -0.05) is 0 Å². The number of nitrogens with two attached hydrogens (primary N) is 1. The molecule has 0 aromatic carbocycles. The normalized spacial score (nSPS) is 25.3. The molecule has 2 fully saturated rings. The molecule has 2 saturated carbocycles. The Morgan fingerprint density at radius 2 is 2.08 bits per heavy atom. The van der Waals surface area contributed by atoms with E-state index in [1.165, 1.54) is 25.7 Å². The highest BCUT2D eigenvalue weighted by Gasteiger charge is 2.35. The summed E-state index contributed by atoms with van der Waals surface area (Å²) in [7, 11) is 0. The summed E-state index contributed by atoms with van der Waals surface area (Å²) in [5.74, 6) is 1.20. The van der Waals surface area contributed by atoms with Crippen molar-refractivity contribution in [3.8, 4) is 0 Å². The van der Waals surface area contributed by atoms with Crippen molar-refractivity contribution in [3.05, 3.63) is 0 Å². The monoisotopic (exact) mass is 168 g/mol. The number of hydrogen-bond acceptors (Lipinski definition) is 2. The van der Waals surface area contributed by atoms with Crippen LogP contribution in [0.5, 0.6) is 0 Å². The van der Waals surface area contributed by atoms with Gasteiger partial charge in [0.25, 0.3) is 0 Å². The molecular weight excluding hydrogens is 152 g/mol. The molecule has 3 N–H and O–H groups in total. The van der Waals surface area contributed by atoms with Crippen LogP contribution in [0.2, 0.25) is 0 Å². The van der Waals surface area contributed by atoms with Crippen LogP contribution >= 0.6 is 0 Å². The van der Waals surface area contributed by atoms with Crippen molar-refractivity contribution in [2.75, 3.05) is 6.54 Å². The molecule has 0 bridgehead atoms. The van der Waals surface area contributed by atoms with Gasteiger partial charge < -0.3 is 11.1 Å². The van der Waals surface area contributed by atoms with Crippen LogP contribution in [0.3, 0.4) is 0 Å². The molecule has 0 saturated heterocycles. The highest BCUT2D eigenvalue weighted by atomic mass is 16.1. The molecular formula is C9H16N2O. The van der Waals surface area contributed by atoms with Crippen LogP contribution in [0.4, 0.5) is 0 Å². The lowest BCUT2D eigenvalue weighted by Crippen LogP contribution is -2.43. The smallest absolute Gasteiger partial charge is 0.234 e. The molecule has 0 heterocycles. The maximum absolute atomic E-state index is 11.0. The SMILES string of the molecule is NC(=O)[C@@H](NCC1CC1)C1CC1. The average Bonchev–Trinajstić information content (AvgIpc) is 2.82. The summed E-state index contributed by atoms with van der Waals surface area (Å²) >= 11 is 0. The number of amides is 1. The fourth-order valence-corrected chi connectivity index (χ4v) is 1.54. The summed E-state index contributed by atoms with van der Waals surface area (Å²) in [5, 5.41) is 3.27. The molecule has 2 aliphatic rings. The van der Waals surface area contributed by atoms with Gasteiger partial charge in [0.1, 0.15) is 0 Å². The van der Waals surface area contributed by atoms with Crippen LogP contribution in [0.1, 0.15) is 25.7 Å². The summed E-state index contributed by atoms with van der Waals surface area (Å²) in [6.07, 6.45) is 4.99. The standard InChI is InChI=1S/C9H16N2O/c10-9(12)8(7-3-4-7)11-5-6-1-2-6/h6-8,11H,1-5H2,(H2,10,12)/t8-/m0/s1. The van der Waals surface area contributed by atoms with E-state index in [2.05, 4.69) is 5.32 Å². The van der Waals surface area contributed by atoms with Crippen LogP contribution in [0, 0.1) is 11.8 Å². The number of rotatable bonds is 5. The second-order valence-electron chi connectivity index (χ2n) is 4.07. The Kier molecular flexibility index (Phi) is 2.05. The maximum Gasteiger partial charge on any atom is 0.234 e. The van der Waals surface area contributed by atoms with Gasteiger partial charge in [-0.3, -0.25) is 4.79 Å². The van der Waals surface area contributed by atoms with Crippen molar-refractivity contribution in [2.24, 2.45) is 17.6 Å². The van der Waals surface area contributed by atoms with E-state index >= 15 is 0 Å². The first-order valence-corrected chi connectivity index (χ1v) is 4.80. The quantitative estimate of drug-likeness (QED) is 0.618. The zero-order chi connectivity index (χ0) is 8.55. The van der Waals surface area contributed by atoms with Crippen LogP contribution in [-0.4, -0.2) is 18.5 Å². The van der Waals surface area contributed by atoms with Gasteiger partial charge in [-0.25, -0.2) is 0 Å². The molecule has 0 aromatic rings. The number of carbonyl (C=O) groups excluding carboxylic acids is 1. The van der Waals surface area contributed by atoms with E-state index in [0.29, 0.717) is 5.92 Å². The van der Waals surface area contributed by atoms with E-state index in [-0.39, 0.29) is 11.9 Å². The van der Waals surface area contributed by atoms with Gasteiger partial charge >= 0.3 is 0 Å². The predicted molar refractivity (Wildman–Crippen MR) is 46.4 cm³/mol. The zero-order valence-electron chi connectivity index (χ0n) is 7.25. The van der Waals surface area contributed by atoms with Gasteiger partial charge in [0.2, 0.25) is 5.91 Å². The van der Waals surface area contributed by atoms with Gasteiger partial charge in [-0.05, 0) is 44.1 Å². The Morgan fingerprint density at radius 1 is 1.42 bits per heavy atom. The highest BCUT2D eigenvalue weighted by Crippen LogP contribution is 2.33. The van der Waals surface area contributed by atoms with Crippen molar-refractivity contribution in [1.29, 1.82) is 0 Å². The maximum atomic E-state index is 11.0. The van der Waals surface area contributed by atoms with Crippen LogP contribution in [0.15, 0.2) is 0 Å². The summed E-state index contributed by atoms with van der Waals surface area (Å²) in [5.41, 5.74) is 5.28. The Bertz CT molecular complexity index is 185. The fraction of sp³-hybridized carbons (Fsp3) is 0.889. The van der Waals surface area contributed by atoms with Crippen LogP contribution in [0.25, 0.3) is 0 Å². The molecule has 3 nitrogen and oxygen atoms in total. The van der Waals surface area contributed by atoms with E-state index < -0.39 is 0 Å². The molecule has 2 aliphatic carbocycles. The second-order valence-corrected chi connectivity index (χ2v) is 4.07. The molecule has 1 atom stereocenters. The summed E-state index contributed by atoms with van der Waals surface area (Å²) in [6, 6.07) is -0.0365. The van der Waals surface area contributed by atoms with Gasteiger partial charge in [-0.2, -0.15) is 0 Å². The molecule has 12 heavy (non-hydrogen) atoms. The van der Waals surface area contributed by atoms with Gasteiger partial charge in [-0.15, -0.1) is 0 Å². The molecule has 0 unspecified atom stereocenters. The van der Waals surface area contributed by atoms with E-state index in [4.69, 9.17) is 5.73 Å². The van der Waals surface area contributed by atoms with Crippen molar-refractivity contribution >= 4 is 5.91 Å². The Hall–Kier alpha value is -0.570. The second kappa shape index (κ2) is 3.05. The van der Waals surface area contributed by atoms with Gasteiger partial charge in [0.15, 0.2) is 0 Å². The Balaban J connectivity index is 1.75. The molecule has 2 rings (SSSR count). The van der Waals surface area contributed by atoms with Crippen LogP contribution < -0.4 is 11.1 Å². The van der Waals surface area contributed by atoms with Gasteiger partial charge in [0, 0.05) is 0 Å². The minimum atomic E-state index is -0.168. The predicted octanol–water partition coefficient (Wildman–Crippen LogP) is 0.250. The van der Waals surface area contributed by atoms with Crippen molar-refractivity contribution in [1.82, 2.24) is 5.32 Å². The lowest BCUT2D eigenvalue weighted by molar-refractivity contribution is -0.120. The Labute approximate surface area is 72.7 Å². The molecule has 0 radical (unpaired) electrons. The van der Waals surface area contributed by atoms with E-state index in [0.717, 1.165) is 12.5 Å². The third kappa shape index (κ3) is 1.97. The molecule has 3 heteroatoms. The average molecular weight is 168 g/mol. The first kappa shape index (κ1) is 8.05. The summed E-state index contributed by atoms with van der Waals surface area (Å²) < 4.78 is 0. The first-order chi connectivity index (χ1) is 5.77. The number of carbonyl (C=O) groups is 1. The van der Waals surface area contributed by atoms with Crippen molar-refractivity contribution < 1.29 is 4.79 Å². The van der Waals surface area contributed by atoms with E-state index in [9.17, 15) is 4.79 Å². The van der Waals surface area contributed by atoms with E-state index in [1.54, 1.807) is 0 Å². The zero-order valence-corrected chi connectivity index (χ0v) is 7.25. The number of primary amides is 1. The molecule has 0 aliphatic heterocycles. The first-order valence-electron chi connectivity index (χ1n) is 4.80. The van der Waals surface area contributed by atoms with E-state index in [1.807, 2.05) is 0 Å². The van der Waals surface area contributed by atoms with Crippen LogP contribution in [-0.2, 0) is 4.79 Å². The summed E-state index contributed by atoms with van der Waals surface area (Å²) in [4.78, 5) is 11.0.